The van der Waals surface area contributed by atoms with Crippen molar-refractivity contribution in [3.63, 3.8) is 0 Å². The third kappa shape index (κ3) is 2.23. The molecule has 0 aliphatic rings. The molecule has 0 heterocycles. The highest BCUT2D eigenvalue weighted by atomic mass is 16.5. The number of rotatable bonds is 4. The molecule has 0 aliphatic carbocycles. The Morgan fingerprint density at radius 1 is 1.43 bits per heavy atom. The van der Waals surface area contributed by atoms with Gasteiger partial charge in [0.2, 0.25) is 0 Å². The van der Waals surface area contributed by atoms with Gasteiger partial charge >= 0.3 is 0 Å². The Labute approximate surface area is 83.5 Å². The van der Waals surface area contributed by atoms with Crippen molar-refractivity contribution in [3.05, 3.63) is 29.8 Å². The van der Waals surface area contributed by atoms with Crippen LogP contribution in [0.2, 0.25) is 0 Å². The minimum Gasteiger partial charge on any atom is -0.496 e. The fraction of sp³-hybridized carbons (Fsp3) is 0.400. The molecule has 0 spiro atoms. The van der Waals surface area contributed by atoms with E-state index in [9.17, 15) is 5.11 Å². The fourth-order valence-electron chi connectivity index (χ4n) is 1.30. The zero-order chi connectivity index (χ0) is 10.6. The maximum Gasteiger partial charge on any atom is 0.123 e. The van der Waals surface area contributed by atoms with E-state index >= 15 is 0 Å². The first-order valence-corrected chi connectivity index (χ1v) is 4.47. The lowest BCUT2D eigenvalue weighted by molar-refractivity contribution is 0.151. The van der Waals surface area contributed by atoms with Crippen LogP contribution in [0, 0.1) is 0 Å². The van der Waals surface area contributed by atoms with Crippen LogP contribution in [0.3, 0.4) is 0 Å². The molecule has 0 fully saturated rings. The number of nitrogens with two attached hydrogens (primary N) is 2. The summed E-state index contributed by atoms with van der Waals surface area (Å²) >= 11 is 0. The molecule has 1 aromatic rings. The van der Waals surface area contributed by atoms with Crippen LogP contribution in [-0.2, 0) is 0 Å². The lowest BCUT2D eigenvalue weighted by Crippen LogP contribution is -2.32. The molecule has 14 heavy (non-hydrogen) atoms. The predicted molar refractivity (Wildman–Crippen MR) is 55.0 cm³/mol. The van der Waals surface area contributed by atoms with Crippen molar-refractivity contribution < 1.29 is 9.84 Å². The predicted octanol–water partition coefficient (Wildman–Crippen LogP) is 0.0146. The van der Waals surface area contributed by atoms with Crippen LogP contribution in [0.4, 0.5) is 0 Å². The number of hydrogen-bond donors (Lipinski definition) is 3. The Hall–Kier alpha value is -1.10. The van der Waals surface area contributed by atoms with Crippen molar-refractivity contribution in [1.29, 1.82) is 0 Å². The third-order valence-electron chi connectivity index (χ3n) is 2.15. The molecule has 78 valence electrons. The molecule has 0 aliphatic heterocycles. The van der Waals surface area contributed by atoms with Crippen LogP contribution in [0.25, 0.3) is 0 Å². The van der Waals surface area contributed by atoms with Gasteiger partial charge in [-0.2, -0.15) is 0 Å². The van der Waals surface area contributed by atoms with Gasteiger partial charge in [-0.3, -0.25) is 0 Å². The Bertz CT molecular complexity index is 291. The van der Waals surface area contributed by atoms with E-state index in [2.05, 4.69) is 0 Å². The van der Waals surface area contributed by atoms with Gasteiger partial charge in [0.25, 0.3) is 0 Å². The van der Waals surface area contributed by atoms with Gasteiger partial charge < -0.3 is 21.3 Å². The summed E-state index contributed by atoms with van der Waals surface area (Å²) in [5.41, 5.74) is 11.9. The summed E-state index contributed by atoms with van der Waals surface area (Å²) in [6, 6.07) is 6.82. The summed E-state index contributed by atoms with van der Waals surface area (Å²) in [5, 5.41) is 9.49. The van der Waals surface area contributed by atoms with Crippen molar-refractivity contribution in [1.82, 2.24) is 0 Å². The summed E-state index contributed by atoms with van der Waals surface area (Å²) in [7, 11) is 1.57. The van der Waals surface area contributed by atoms with E-state index in [1.54, 1.807) is 13.2 Å². The summed E-state index contributed by atoms with van der Waals surface area (Å²) in [6.07, 6.45) is -0.744. The molecular weight excluding hydrogens is 180 g/mol. The second kappa shape index (κ2) is 4.95. The summed E-state index contributed by atoms with van der Waals surface area (Å²) in [6.45, 7) is 0.138. The van der Waals surface area contributed by atoms with Gasteiger partial charge in [-0.1, -0.05) is 18.2 Å². The molecule has 4 heteroatoms. The number of ether oxygens (including phenoxy) is 1. The molecule has 0 saturated heterocycles. The molecule has 1 aromatic carbocycles. The zero-order valence-electron chi connectivity index (χ0n) is 8.18. The van der Waals surface area contributed by atoms with E-state index in [-0.39, 0.29) is 6.54 Å². The maximum absolute atomic E-state index is 9.49. The minimum atomic E-state index is -0.744. The van der Waals surface area contributed by atoms with Gasteiger partial charge in [0.15, 0.2) is 0 Å². The molecule has 0 saturated carbocycles. The first kappa shape index (κ1) is 11.0. The Morgan fingerprint density at radius 3 is 2.64 bits per heavy atom. The van der Waals surface area contributed by atoms with Gasteiger partial charge in [0.05, 0.1) is 19.3 Å². The molecule has 4 nitrogen and oxygen atoms in total. The van der Waals surface area contributed by atoms with Crippen molar-refractivity contribution in [3.8, 4) is 5.75 Å². The number of hydrogen-bond acceptors (Lipinski definition) is 4. The second-order valence-electron chi connectivity index (χ2n) is 3.07. The third-order valence-corrected chi connectivity index (χ3v) is 2.15. The molecule has 1 rings (SSSR count). The van der Waals surface area contributed by atoms with Gasteiger partial charge in [-0.05, 0) is 6.07 Å². The first-order valence-electron chi connectivity index (χ1n) is 4.47. The number of benzene rings is 1. The van der Waals surface area contributed by atoms with Gasteiger partial charge in [0.1, 0.15) is 5.75 Å². The highest BCUT2D eigenvalue weighted by molar-refractivity contribution is 5.36. The summed E-state index contributed by atoms with van der Waals surface area (Å²) in [4.78, 5) is 0. The summed E-state index contributed by atoms with van der Waals surface area (Å²) in [5.74, 6) is 0.674. The smallest absolute Gasteiger partial charge is 0.123 e. The Morgan fingerprint density at radius 2 is 2.07 bits per heavy atom. The highest BCUT2D eigenvalue weighted by Crippen LogP contribution is 2.24. The molecule has 0 aromatic heterocycles. The van der Waals surface area contributed by atoms with Crippen LogP contribution < -0.4 is 16.2 Å². The van der Waals surface area contributed by atoms with Crippen LogP contribution in [0.1, 0.15) is 11.6 Å². The minimum absolute atomic E-state index is 0.138. The van der Waals surface area contributed by atoms with E-state index in [4.69, 9.17) is 16.2 Å². The van der Waals surface area contributed by atoms with E-state index in [1.165, 1.54) is 0 Å². The number of methoxy groups -OCH3 is 1. The van der Waals surface area contributed by atoms with Crippen molar-refractivity contribution in [2.45, 2.75) is 12.1 Å². The summed E-state index contributed by atoms with van der Waals surface area (Å²) < 4.78 is 5.13. The van der Waals surface area contributed by atoms with Crippen molar-refractivity contribution in [2.75, 3.05) is 13.7 Å². The molecular formula is C10H16N2O2. The van der Waals surface area contributed by atoms with E-state index in [0.29, 0.717) is 5.75 Å². The van der Waals surface area contributed by atoms with E-state index in [1.807, 2.05) is 18.2 Å². The van der Waals surface area contributed by atoms with Crippen LogP contribution >= 0.6 is 0 Å². The topological polar surface area (TPSA) is 81.5 Å². The number of para-hydroxylation sites is 1. The van der Waals surface area contributed by atoms with Crippen molar-refractivity contribution >= 4 is 0 Å². The van der Waals surface area contributed by atoms with Gasteiger partial charge in [-0.15, -0.1) is 0 Å². The first-order chi connectivity index (χ1) is 6.70. The molecule has 5 N–H and O–H groups in total. The maximum atomic E-state index is 9.49. The van der Waals surface area contributed by atoms with E-state index in [0.717, 1.165) is 5.56 Å². The lowest BCUT2D eigenvalue weighted by Gasteiger charge is -2.19. The molecule has 0 radical (unpaired) electrons. The number of aliphatic hydroxyl groups excluding tert-OH is 1. The quantitative estimate of drug-likeness (QED) is 0.634. The van der Waals surface area contributed by atoms with Crippen LogP contribution in [0.15, 0.2) is 24.3 Å². The van der Waals surface area contributed by atoms with Crippen LogP contribution in [0.5, 0.6) is 5.75 Å². The Balaban J connectivity index is 2.93. The van der Waals surface area contributed by atoms with Gasteiger partial charge in [-0.25, -0.2) is 0 Å². The average Bonchev–Trinajstić information content (AvgIpc) is 2.26. The SMILES string of the molecule is COc1ccccc1C(N)C(O)CN. The van der Waals surface area contributed by atoms with Crippen LogP contribution in [-0.4, -0.2) is 24.9 Å². The monoisotopic (exact) mass is 196 g/mol. The van der Waals surface area contributed by atoms with Crippen molar-refractivity contribution in [2.24, 2.45) is 11.5 Å². The Kier molecular flexibility index (Phi) is 3.88. The van der Waals surface area contributed by atoms with Gasteiger partial charge in [0, 0.05) is 12.1 Å². The largest absolute Gasteiger partial charge is 0.496 e. The molecule has 0 bridgehead atoms. The zero-order valence-corrected chi connectivity index (χ0v) is 8.18. The average molecular weight is 196 g/mol. The lowest BCUT2D eigenvalue weighted by atomic mass is 10.0. The fourth-order valence-corrected chi connectivity index (χ4v) is 1.30. The molecule has 2 atom stereocenters. The second-order valence-corrected chi connectivity index (χ2v) is 3.07. The normalized spacial score (nSPS) is 14.9. The highest BCUT2D eigenvalue weighted by Gasteiger charge is 2.18. The molecule has 0 amide bonds. The number of aliphatic hydroxyl groups is 1. The molecule has 2 unspecified atom stereocenters. The standard InChI is InChI=1S/C10H16N2O2/c1-14-9-5-3-2-4-7(9)10(12)8(13)6-11/h2-5,8,10,13H,6,11-12H2,1H3. The van der Waals surface area contributed by atoms with E-state index < -0.39 is 12.1 Å².